The number of hydrogen-bond acceptors (Lipinski definition) is 7. The number of halogens is 1. The molecule has 0 aliphatic carbocycles. The van der Waals surface area contributed by atoms with Crippen LogP contribution in [0.3, 0.4) is 0 Å². The van der Waals surface area contributed by atoms with Gasteiger partial charge in [0.05, 0.1) is 6.61 Å². The molecule has 4 N–H and O–H groups in total. The summed E-state index contributed by atoms with van der Waals surface area (Å²) in [6.07, 6.45) is 3.48. The lowest BCUT2D eigenvalue weighted by molar-refractivity contribution is 0.0520. The normalized spacial score (nSPS) is 11.0. The number of nitrogens with two attached hydrogens (primary N) is 1. The zero-order valence-electron chi connectivity index (χ0n) is 15.4. The topological polar surface area (TPSA) is 119 Å². The molecule has 0 radical (unpaired) electrons. The van der Waals surface area contributed by atoms with Gasteiger partial charge in [-0.15, -0.1) is 0 Å². The zero-order chi connectivity index (χ0) is 20.1. The number of nitrogens with zero attached hydrogens (tertiary/aromatic N) is 3. The quantitative estimate of drug-likeness (QED) is 0.539. The van der Waals surface area contributed by atoms with Gasteiger partial charge in [0.1, 0.15) is 5.69 Å². The summed E-state index contributed by atoms with van der Waals surface area (Å²) in [5.41, 5.74) is 7.94. The molecule has 0 aliphatic rings. The van der Waals surface area contributed by atoms with E-state index in [1.165, 1.54) is 0 Å². The van der Waals surface area contributed by atoms with E-state index in [-0.39, 0.29) is 23.8 Å². The second kappa shape index (κ2) is 8.53. The average molecular weight is 399 g/mol. The number of carbonyl (C=O) groups is 1. The Morgan fingerprint density at radius 1 is 1.29 bits per heavy atom. The van der Waals surface area contributed by atoms with Crippen molar-refractivity contribution in [1.82, 2.24) is 20.2 Å². The highest BCUT2D eigenvalue weighted by Crippen LogP contribution is 2.24. The third-order valence-electron chi connectivity index (χ3n) is 3.68. The molecule has 3 aromatic rings. The van der Waals surface area contributed by atoms with Crippen molar-refractivity contribution < 1.29 is 9.53 Å². The van der Waals surface area contributed by atoms with Gasteiger partial charge in [-0.1, -0.05) is 29.8 Å². The van der Waals surface area contributed by atoms with Crippen molar-refractivity contribution in [1.29, 1.82) is 0 Å². The summed E-state index contributed by atoms with van der Waals surface area (Å²) in [5.74, 6) is 0.456. The van der Waals surface area contributed by atoms with E-state index in [2.05, 4.69) is 25.5 Å². The summed E-state index contributed by atoms with van der Waals surface area (Å²) in [4.78, 5) is 20.9. The highest BCUT2D eigenvalue weighted by molar-refractivity contribution is 6.30. The number of esters is 1. The summed E-state index contributed by atoms with van der Waals surface area (Å²) in [6, 6.07) is 9.06. The standard InChI is InChI=1S/C19H19ClN6O2/c1-3-28-19(27)17-16(21)18(24-15-10-11(2)25-26-15)23-14(22-17)9-6-12-4-7-13(20)8-5-12/h4-10H,3,21H2,1-2H3,(H2,22,23,24,25,26)/b9-6+. The van der Waals surface area contributed by atoms with E-state index in [0.29, 0.717) is 16.7 Å². The number of aromatic amines is 1. The Morgan fingerprint density at radius 3 is 2.68 bits per heavy atom. The van der Waals surface area contributed by atoms with Crippen LogP contribution >= 0.6 is 11.6 Å². The predicted octanol–water partition coefficient (Wildman–Crippen LogP) is 3.83. The lowest BCUT2D eigenvalue weighted by atomic mass is 10.2. The molecule has 3 rings (SSSR count). The van der Waals surface area contributed by atoms with Gasteiger partial charge in [-0.05, 0) is 37.6 Å². The largest absolute Gasteiger partial charge is 0.461 e. The maximum Gasteiger partial charge on any atom is 0.359 e. The first kappa shape index (κ1) is 19.4. The lowest BCUT2D eigenvalue weighted by Crippen LogP contribution is -2.14. The molecule has 1 aromatic carbocycles. The van der Waals surface area contributed by atoms with Crippen LogP contribution < -0.4 is 11.1 Å². The first-order chi connectivity index (χ1) is 13.5. The van der Waals surface area contributed by atoms with Crippen LogP contribution in [-0.2, 0) is 4.74 Å². The van der Waals surface area contributed by atoms with E-state index in [1.54, 1.807) is 37.3 Å². The van der Waals surface area contributed by atoms with Gasteiger partial charge in [-0.25, -0.2) is 14.8 Å². The molecular weight excluding hydrogens is 380 g/mol. The molecule has 144 valence electrons. The number of rotatable bonds is 6. The molecule has 0 bridgehead atoms. The van der Waals surface area contributed by atoms with Crippen molar-refractivity contribution in [3.8, 4) is 0 Å². The van der Waals surface area contributed by atoms with E-state index < -0.39 is 5.97 Å². The number of anilines is 3. The molecule has 0 unspecified atom stereocenters. The Balaban J connectivity index is 1.98. The van der Waals surface area contributed by atoms with Gasteiger partial charge >= 0.3 is 5.97 Å². The van der Waals surface area contributed by atoms with Gasteiger partial charge in [-0.3, -0.25) is 5.10 Å². The fourth-order valence-electron chi connectivity index (χ4n) is 2.36. The fourth-order valence-corrected chi connectivity index (χ4v) is 2.49. The Bertz CT molecular complexity index is 1010. The van der Waals surface area contributed by atoms with Gasteiger partial charge in [0.25, 0.3) is 0 Å². The summed E-state index contributed by atoms with van der Waals surface area (Å²) >= 11 is 5.90. The molecule has 2 aromatic heterocycles. The minimum Gasteiger partial charge on any atom is -0.461 e. The second-order valence-electron chi connectivity index (χ2n) is 5.86. The minimum absolute atomic E-state index is 0.0117. The van der Waals surface area contributed by atoms with Crippen molar-refractivity contribution in [3.05, 3.63) is 58.1 Å². The van der Waals surface area contributed by atoms with Crippen molar-refractivity contribution in [2.75, 3.05) is 17.7 Å². The minimum atomic E-state index is -0.621. The van der Waals surface area contributed by atoms with Crippen molar-refractivity contribution in [3.63, 3.8) is 0 Å². The highest BCUT2D eigenvalue weighted by Gasteiger charge is 2.19. The number of H-pyrrole nitrogens is 1. The molecule has 0 spiro atoms. The smallest absolute Gasteiger partial charge is 0.359 e. The SMILES string of the molecule is CCOC(=O)c1nc(/C=C/c2ccc(Cl)cc2)nc(Nc2cc(C)[nH]n2)c1N. The molecular formula is C19H19ClN6O2. The number of aromatic nitrogens is 4. The predicted molar refractivity (Wildman–Crippen MR) is 109 cm³/mol. The van der Waals surface area contributed by atoms with E-state index >= 15 is 0 Å². The molecule has 0 saturated carbocycles. The van der Waals surface area contributed by atoms with Crippen LogP contribution in [0.5, 0.6) is 0 Å². The van der Waals surface area contributed by atoms with Crippen molar-refractivity contribution >= 4 is 47.0 Å². The highest BCUT2D eigenvalue weighted by atomic mass is 35.5. The van der Waals surface area contributed by atoms with Crippen LogP contribution in [0.15, 0.2) is 30.3 Å². The number of nitrogens with one attached hydrogen (secondary N) is 2. The number of aryl methyl sites for hydroxylation is 1. The van der Waals surface area contributed by atoms with E-state index in [4.69, 9.17) is 22.1 Å². The fraction of sp³-hybridized carbons (Fsp3) is 0.158. The summed E-state index contributed by atoms with van der Waals surface area (Å²) in [5, 5.41) is 10.6. The van der Waals surface area contributed by atoms with E-state index in [9.17, 15) is 4.79 Å². The van der Waals surface area contributed by atoms with Crippen molar-refractivity contribution in [2.24, 2.45) is 0 Å². The lowest BCUT2D eigenvalue weighted by Gasteiger charge is -2.11. The van der Waals surface area contributed by atoms with Gasteiger partial charge in [0.15, 0.2) is 23.2 Å². The number of nitrogen functional groups attached to an aromatic ring is 1. The maximum absolute atomic E-state index is 12.3. The van der Waals surface area contributed by atoms with Gasteiger partial charge in [0.2, 0.25) is 0 Å². The van der Waals surface area contributed by atoms with Crippen LogP contribution in [0.1, 0.15) is 34.5 Å². The van der Waals surface area contributed by atoms with Crippen LogP contribution in [0.4, 0.5) is 17.3 Å². The molecule has 0 amide bonds. The Morgan fingerprint density at radius 2 is 2.04 bits per heavy atom. The number of carbonyl (C=O) groups excluding carboxylic acids is 1. The molecule has 0 aliphatic heterocycles. The molecule has 9 heteroatoms. The average Bonchev–Trinajstić information content (AvgIpc) is 3.08. The third kappa shape index (κ3) is 4.66. The van der Waals surface area contributed by atoms with E-state index in [1.807, 2.05) is 19.1 Å². The van der Waals surface area contributed by atoms with E-state index in [0.717, 1.165) is 11.3 Å². The summed E-state index contributed by atoms with van der Waals surface area (Å²) < 4.78 is 5.05. The number of ether oxygens (including phenoxy) is 1. The molecule has 0 atom stereocenters. The van der Waals surface area contributed by atoms with Crippen LogP contribution in [-0.4, -0.2) is 32.7 Å². The van der Waals surface area contributed by atoms with Gasteiger partial charge in [-0.2, -0.15) is 5.10 Å². The summed E-state index contributed by atoms with van der Waals surface area (Å²) in [7, 11) is 0. The van der Waals surface area contributed by atoms with Gasteiger partial charge in [0, 0.05) is 16.8 Å². The first-order valence-corrected chi connectivity index (χ1v) is 8.91. The Labute approximate surface area is 166 Å². The molecule has 2 heterocycles. The Hall–Kier alpha value is -3.39. The number of benzene rings is 1. The Kier molecular flexibility index (Phi) is 5.90. The molecule has 8 nitrogen and oxygen atoms in total. The van der Waals surface area contributed by atoms with Crippen LogP contribution in [0.2, 0.25) is 5.02 Å². The monoisotopic (exact) mass is 398 g/mol. The van der Waals surface area contributed by atoms with Crippen LogP contribution in [0, 0.1) is 6.92 Å². The third-order valence-corrected chi connectivity index (χ3v) is 3.93. The zero-order valence-corrected chi connectivity index (χ0v) is 16.1. The van der Waals surface area contributed by atoms with Gasteiger partial charge < -0.3 is 15.8 Å². The maximum atomic E-state index is 12.3. The molecule has 0 saturated heterocycles. The first-order valence-electron chi connectivity index (χ1n) is 8.53. The van der Waals surface area contributed by atoms with Crippen molar-refractivity contribution in [2.45, 2.75) is 13.8 Å². The molecule has 28 heavy (non-hydrogen) atoms. The molecule has 0 fully saturated rings. The second-order valence-corrected chi connectivity index (χ2v) is 6.30. The number of hydrogen-bond donors (Lipinski definition) is 3. The van der Waals surface area contributed by atoms with Crippen LogP contribution in [0.25, 0.3) is 12.2 Å². The summed E-state index contributed by atoms with van der Waals surface area (Å²) in [6.45, 7) is 3.79.